The summed E-state index contributed by atoms with van der Waals surface area (Å²) >= 11 is 0. The van der Waals surface area contributed by atoms with Gasteiger partial charge in [-0.25, -0.2) is 9.18 Å². The number of rotatable bonds is 13. The fourth-order valence-electron chi connectivity index (χ4n) is 5.38. The van der Waals surface area contributed by atoms with E-state index < -0.39 is 5.97 Å². The van der Waals surface area contributed by atoms with Crippen molar-refractivity contribution in [3.63, 3.8) is 0 Å². The van der Waals surface area contributed by atoms with Crippen LogP contribution in [0.2, 0.25) is 0 Å². The number of methoxy groups -OCH3 is 2. The summed E-state index contributed by atoms with van der Waals surface area (Å²) in [6.45, 7) is 5.72. The Morgan fingerprint density at radius 1 is 1.04 bits per heavy atom. The number of hydrogen-bond donors (Lipinski definition) is 1. The van der Waals surface area contributed by atoms with Crippen LogP contribution in [-0.2, 0) is 25.6 Å². The zero-order valence-electron chi connectivity index (χ0n) is 25.7. The highest BCUT2D eigenvalue weighted by atomic mass is 19.1. The molecular weight excluding hydrogens is 583 g/mol. The second-order valence-corrected chi connectivity index (χ2v) is 10.6. The summed E-state index contributed by atoms with van der Waals surface area (Å²) in [6.07, 6.45) is 3.55. The molecule has 3 aromatic rings. The Morgan fingerprint density at radius 2 is 1.80 bits per heavy atom. The van der Waals surface area contributed by atoms with Gasteiger partial charge in [0.25, 0.3) is 0 Å². The molecular formula is C34H37FN2O8. The lowest BCUT2D eigenvalue weighted by atomic mass is 10.00. The fraction of sp³-hybridized carbons (Fsp3) is 0.353. The molecule has 0 spiro atoms. The van der Waals surface area contributed by atoms with Gasteiger partial charge in [0.1, 0.15) is 18.2 Å². The molecule has 1 N–H and O–H groups in total. The molecule has 10 nitrogen and oxygen atoms in total. The summed E-state index contributed by atoms with van der Waals surface area (Å²) in [5.41, 5.74) is 4.61. The third-order valence-electron chi connectivity index (χ3n) is 7.73. The Balaban J connectivity index is 1.32. The number of furan rings is 1. The van der Waals surface area contributed by atoms with Crippen LogP contribution in [0.4, 0.5) is 4.39 Å². The van der Waals surface area contributed by atoms with Crippen LogP contribution in [0.15, 0.2) is 58.7 Å². The van der Waals surface area contributed by atoms with Crippen molar-refractivity contribution in [2.24, 2.45) is 0 Å². The molecule has 5 rings (SSSR count). The van der Waals surface area contributed by atoms with Gasteiger partial charge in [-0.15, -0.1) is 0 Å². The number of benzene rings is 2. The number of carbonyl (C=O) groups is 2. The summed E-state index contributed by atoms with van der Waals surface area (Å²) in [4.78, 5) is 27.4. The second-order valence-electron chi connectivity index (χ2n) is 10.6. The predicted octanol–water partition coefficient (Wildman–Crippen LogP) is 4.72. The number of hydrogen-bond acceptors (Lipinski definition) is 9. The largest absolute Gasteiger partial charge is 0.493 e. The number of fused-ring (bicyclic) bond motifs is 1. The monoisotopic (exact) mass is 620 g/mol. The van der Waals surface area contributed by atoms with Gasteiger partial charge in [0.05, 0.1) is 46.7 Å². The summed E-state index contributed by atoms with van der Waals surface area (Å²) in [5.74, 6) is 0.528. The molecule has 1 aliphatic heterocycles. The number of nitrogens with one attached hydrogen (secondary N) is 1. The van der Waals surface area contributed by atoms with E-state index in [9.17, 15) is 14.0 Å². The molecule has 1 aliphatic carbocycles. The zero-order valence-corrected chi connectivity index (χ0v) is 25.7. The maximum atomic E-state index is 14.4. The number of amides is 1. The van der Waals surface area contributed by atoms with Crippen molar-refractivity contribution in [3.8, 4) is 17.2 Å². The molecule has 2 aromatic carbocycles. The van der Waals surface area contributed by atoms with Crippen LogP contribution in [0.25, 0.3) is 17.2 Å². The van der Waals surface area contributed by atoms with E-state index in [0.29, 0.717) is 42.6 Å². The van der Waals surface area contributed by atoms with Gasteiger partial charge < -0.3 is 33.4 Å². The lowest BCUT2D eigenvalue weighted by Gasteiger charge is -2.26. The molecule has 2 aliphatic rings. The first-order chi connectivity index (χ1) is 21.9. The van der Waals surface area contributed by atoms with Crippen molar-refractivity contribution in [2.75, 3.05) is 60.3 Å². The standard InChI is InChI=1S/C34H37FN2O8/c1-22-27(26-7-6-24(35)18-29(26)28(22)19-32(38)36-20-25-5-4-11-43-25)15-23-16-30(40-2)34(31(17-23)41-3)45-21-33(39)44-14-10-37-8-12-42-13-9-37/h4-7,11,15-18H,8-10,12-14,19-21H2,1-3H3,(H,36,38). The topological polar surface area (TPSA) is 109 Å². The van der Waals surface area contributed by atoms with E-state index in [1.165, 1.54) is 26.4 Å². The van der Waals surface area contributed by atoms with Gasteiger partial charge in [-0.1, -0.05) is 6.07 Å². The van der Waals surface area contributed by atoms with Crippen molar-refractivity contribution < 1.29 is 42.1 Å². The highest BCUT2D eigenvalue weighted by Crippen LogP contribution is 2.45. The normalized spacial score (nSPS) is 15.6. The minimum Gasteiger partial charge on any atom is -0.493 e. The molecule has 0 saturated carbocycles. The number of ether oxygens (including phenoxy) is 5. The minimum absolute atomic E-state index is 0.0717. The van der Waals surface area contributed by atoms with Gasteiger partial charge in [-0.2, -0.15) is 0 Å². The SMILES string of the molecule is COc1cc(C=C2C(C)=C(CC(=O)NCc3ccco3)c3cc(F)ccc32)cc(OC)c1OCC(=O)OCCN1CCOCC1. The maximum Gasteiger partial charge on any atom is 0.344 e. The summed E-state index contributed by atoms with van der Waals surface area (Å²) in [7, 11) is 2.99. The molecule has 1 fully saturated rings. The van der Waals surface area contributed by atoms with Crippen LogP contribution in [0.5, 0.6) is 17.2 Å². The van der Waals surface area contributed by atoms with E-state index in [1.54, 1.807) is 36.6 Å². The van der Waals surface area contributed by atoms with E-state index in [-0.39, 0.29) is 43.7 Å². The van der Waals surface area contributed by atoms with Crippen LogP contribution in [0.3, 0.4) is 0 Å². The van der Waals surface area contributed by atoms with E-state index in [4.69, 9.17) is 28.1 Å². The summed E-state index contributed by atoms with van der Waals surface area (Å²) in [6, 6.07) is 11.6. The lowest BCUT2D eigenvalue weighted by molar-refractivity contribution is -0.146. The molecule has 2 heterocycles. The Labute approximate surface area is 261 Å². The molecule has 0 bridgehead atoms. The Hall–Kier alpha value is -4.61. The van der Waals surface area contributed by atoms with Crippen molar-refractivity contribution in [3.05, 3.63) is 82.6 Å². The number of halogens is 1. The highest BCUT2D eigenvalue weighted by molar-refractivity contribution is 6.08. The first-order valence-electron chi connectivity index (χ1n) is 14.7. The van der Waals surface area contributed by atoms with E-state index in [1.807, 2.05) is 13.0 Å². The Morgan fingerprint density at radius 3 is 2.49 bits per heavy atom. The second kappa shape index (κ2) is 14.9. The minimum atomic E-state index is -0.505. The Kier molecular flexibility index (Phi) is 10.5. The molecule has 1 aromatic heterocycles. The van der Waals surface area contributed by atoms with Crippen molar-refractivity contribution in [2.45, 2.75) is 19.9 Å². The summed E-state index contributed by atoms with van der Waals surface area (Å²) < 4.78 is 47.4. The van der Waals surface area contributed by atoms with E-state index in [0.717, 1.165) is 40.9 Å². The van der Waals surface area contributed by atoms with Gasteiger partial charge >= 0.3 is 5.97 Å². The molecule has 0 unspecified atom stereocenters. The third kappa shape index (κ3) is 7.92. The lowest BCUT2D eigenvalue weighted by Crippen LogP contribution is -2.38. The van der Waals surface area contributed by atoms with Crippen LogP contribution in [0.1, 0.15) is 35.8 Å². The van der Waals surface area contributed by atoms with Crippen molar-refractivity contribution >= 4 is 29.1 Å². The molecule has 45 heavy (non-hydrogen) atoms. The molecule has 238 valence electrons. The first kappa shape index (κ1) is 31.8. The average Bonchev–Trinajstić information content (AvgIpc) is 3.66. The molecule has 11 heteroatoms. The van der Waals surface area contributed by atoms with Gasteiger partial charge in [-0.3, -0.25) is 9.69 Å². The molecule has 0 radical (unpaired) electrons. The van der Waals surface area contributed by atoms with Gasteiger partial charge in [-0.05, 0) is 82.8 Å². The van der Waals surface area contributed by atoms with Crippen LogP contribution in [-0.4, -0.2) is 77.1 Å². The van der Waals surface area contributed by atoms with Gasteiger partial charge in [0.15, 0.2) is 18.1 Å². The smallest absolute Gasteiger partial charge is 0.344 e. The highest BCUT2D eigenvalue weighted by Gasteiger charge is 2.26. The van der Waals surface area contributed by atoms with Crippen molar-refractivity contribution in [1.82, 2.24) is 10.2 Å². The quantitative estimate of drug-likeness (QED) is 0.272. The maximum absolute atomic E-state index is 14.4. The molecule has 1 saturated heterocycles. The van der Waals surface area contributed by atoms with Crippen LogP contribution >= 0.6 is 0 Å². The molecule has 0 atom stereocenters. The first-order valence-corrected chi connectivity index (χ1v) is 14.7. The number of morpholine rings is 1. The van der Waals surface area contributed by atoms with Crippen molar-refractivity contribution in [1.29, 1.82) is 0 Å². The fourth-order valence-corrected chi connectivity index (χ4v) is 5.38. The number of allylic oxidation sites excluding steroid dienone is 2. The zero-order chi connectivity index (χ0) is 31.8. The average molecular weight is 621 g/mol. The van der Waals surface area contributed by atoms with Crippen LogP contribution in [0, 0.1) is 5.82 Å². The Bertz CT molecular complexity index is 1550. The van der Waals surface area contributed by atoms with E-state index in [2.05, 4.69) is 10.2 Å². The summed E-state index contributed by atoms with van der Waals surface area (Å²) in [5, 5.41) is 2.86. The molecule has 1 amide bonds. The number of carbonyl (C=O) groups excluding carboxylic acids is 2. The number of esters is 1. The van der Waals surface area contributed by atoms with Gasteiger partial charge in [0.2, 0.25) is 11.7 Å². The van der Waals surface area contributed by atoms with Gasteiger partial charge in [0, 0.05) is 19.6 Å². The third-order valence-corrected chi connectivity index (χ3v) is 7.73. The number of nitrogens with zero attached hydrogens (tertiary/aromatic N) is 1. The predicted molar refractivity (Wildman–Crippen MR) is 165 cm³/mol. The van der Waals surface area contributed by atoms with Crippen LogP contribution < -0.4 is 19.5 Å². The van der Waals surface area contributed by atoms with E-state index >= 15 is 0 Å².